The van der Waals surface area contributed by atoms with E-state index in [2.05, 4.69) is 24.3 Å². The molecule has 1 aromatic heterocycles. The average molecular weight is 392 g/mol. The summed E-state index contributed by atoms with van der Waals surface area (Å²) >= 11 is 0. The van der Waals surface area contributed by atoms with Crippen LogP contribution in [0.25, 0.3) is 11.4 Å². The van der Waals surface area contributed by atoms with Crippen LogP contribution in [0, 0.1) is 5.92 Å². The summed E-state index contributed by atoms with van der Waals surface area (Å²) in [7, 11) is 0. The number of hydrogen-bond acceptors (Lipinski definition) is 5. The van der Waals surface area contributed by atoms with E-state index < -0.39 is 6.10 Å². The molecule has 2 aliphatic heterocycles. The molecule has 1 fully saturated rings. The topological polar surface area (TPSA) is 83.3 Å². The Labute approximate surface area is 165 Å². The molecule has 3 heterocycles. The Bertz CT molecular complexity index is 795. The molecule has 146 valence electrons. The first-order chi connectivity index (χ1) is 12.5. The van der Waals surface area contributed by atoms with Gasteiger partial charge >= 0.3 is 0 Å². The lowest BCUT2D eigenvalue weighted by molar-refractivity contribution is -0.138. The second-order valence-electron chi connectivity index (χ2n) is 7.45. The molecule has 0 spiro atoms. The van der Waals surface area contributed by atoms with E-state index in [9.17, 15) is 9.90 Å². The number of fused-ring (bicyclic) bond motifs is 1. The van der Waals surface area contributed by atoms with Crippen molar-refractivity contribution in [2.24, 2.45) is 5.92 Å². The van der Waals surface area contributed by atoms with Crippen LogP contribution in [0.4, 0.5) is 0 Å². The predicted molar refractivity (Wildman–Crippen MR) is 104 cm³/mol. The molecule has 2 aliphatic rings. The Kier molecular flexibility index (Phi) is 5.83. The third-order valence-electron chi connectivity index (χ3n) is 5.21. The maximum Gasteiger partial charge on any atom is 0.240 e. The van der Waals surface area contributed by atoms with Gasteiger partial charge < -0.3 is 15.3 Å². The molecule has 2 N–H and O–H groups in total. The Balaban J connectivity index is 0.00000210. The van der Waals surface area contributed by atoms with Gasteiger partial charge in [-0.25, -0.2) is 9.67 Å². The van der Waals surface area contributed by atoms with Crippen molar-refractivity contribution in [3.05, 3.63) is 36.2 Å². The number of halogens is 1. The van der Waals surface area contributed by atoms with Crippen molar-refractivity contribution >= 4 is 18.3 Å². The summed E-state index contributed by atoms with van der Waals surface area (Å²) < 4.78 is 1.94. The van der Waals surface area contributed by atoms with Crippen molar-refractivity contribution in [3.63, 3.8) is 0 Å². The lowest BCUT2D eigenvalue weighted by Gasteiger charge is -2.38. The van der Waals surface area contributed by atoms with Crippen LogP contribution in [0.3, 0.4) is 0 Å². The van der Waals surface area contributed by atoms with Crippen LogP contribution >= 0.6 is 12.4 Å². The molecule has 3 atom stereocenters. The van der Waals surface area contributed by atoms with Gasteiger partial charge in [-0.3, -0.25) is 4.79 Å². The van der Waals surface area contributed by atoms with Crippen LogP contribution in [0.2, 0.25) is 0 Å². The van der Waals surface area contributed by atoms with Gasteiger partial charge in [-0.2, -0.15) is 5.10 Å². The number of nitrogens with one attached hydrogen (secondary N) is 1. The van der Waals surface area contributed by atoms with Gasteiger partial charge in [0.2, 0.25) is 5.91 Å². The molecule has 0 radical (unpaired) electrons. The third kappa shape index (κ3) is 3.72. The van der Waals surface area contributed by atoms with Crippen LogP contribution in [-0.2, 0) is 11.3 Å². The van der Waals surface area contributed by atoms with E-state index >= 15 is 0 Å². The van der Waals surface area contributed by atoms with Crippen molar-refractivity contribution in [1.29, 1.82) is 0 Å². The van der Waals surface area contributed by atoms with Gasteiger partial charge in [-0.05, 0) is 12.3 Å². The minimum absolute atomic E-state index is 0. The summed E-state index contributed by atoms with van der Waals surface area (Å²) in [5.74, 6) is 1.82. The minimum Gasteiger partial charge on any atom is -0.392 e. The van der Waals surface area contributed by atoms with E-state index in [0.29, 0.717) is 31.9 Å². The second kappa shape index (κ2) is 7.96. The number of β-amino-alcohol motifs (C(OH)–C–C–N with tert-alkyl or cyclic N) is 1. The highest BCUT2D eigenvalue weighted by Gasteiger charge is 2.40. The molecule has 0 aliphatic carbocycles. The Hall–Kier alpha value is -1.96. The molecule has 0 bridgehead atoms. The van der Waals surface area contributed by atoms with Crippen LogP contribution in [-0.4, -0.2) is 55.9 Å². The first kappa shape index (κ1) is 19.8. The summed E-state index contributed by atoms with van der Waals surface area (Å²) in [5, 5.41) is 17.6. The standard InChI is InChI=1S/C19H25N5O2.ClH/c1-12(2)16-18-21-17(13-6-4-3-5-7-13)22-24(18)9-8-23(16)19(26)15-10-14(25)11-20-15;/h3-7,12,14-16,20,25H,8-11H2,1-2H3;1H/t14-,15+,16+;/m1./s1. The highest BCUT2D eigenvalue weighted by Crippen LogP contribution is 2.33. The van der Waals surface area contributed by atoms with Gasteiger partial charge in [0.1, 0.15) is 0 Å². The van der Waals surface area contributed by atoms with Gasteiger partial charge in [0.25, 0.3) is 0 Å². The fourth-order valence-electron chi connectivity index (χ4n) is 3.94. The number of rotatable bonds is 3. The number of carbonyl (C=O) groups is 1. The van der Waals surface area contributed by atoms with Gasteiger partial charge in [0.15, 0.2) is 11.6 Å². The molecule has 4 rings (SSSR count). The van der Waals surface area contributed by atoms with Gasteiger partial charge in [-0.15, -0.1) is 12.4 Å². The molecule has 0 saturated carbocycles. The number of amides is 1. The van der Waals surface area contributed by atoms with Gasteiger partial charge in [0, 0.05) is 18.7 Å². The Morgan fingerprint density at radius 1 is 1.26 bits per heavy atom. The minimum atomic E-state index is -0.445. The number of nitrogens with zero attached hydrogens (tertiary/aromatic N) is 4. The summed E-state index contributed by atoms with van der Waals surface area (Å²) in [4.78, 5) is 19.7. The van der Waals surface area contributed by atoms with Gasteiger partial charge in [0.05, 0.1) is 24.7 Å². The zero-order chi connectivity index (χ0) is 18.3. The third-order valence-corrected chi connectivity index (χ3v) is 5.21. The SMILES string of the molecule is CC(C)[C@H]1c2nc(-c3ccccc3)nn2CCN1C(=O)[C@@H]1C[C@@H](O)CN1.Cl. The van der Waals surface area contributed by atoms with E-state index in [-0.39, 0.29) is 36.3 Å². The van der Waals surface area contributed by atoms with Gasteiger partial charge in [-0.1, -0.05) is 44.2 Å². The fraction of sp³-hybridized carbons (Fsp3) is 0.526. The molecule has 27 heavy (non-hydrogen) atoms. The lowest BCUT2D eigenvalue weighted by Crippen LogP contribution is -2.50. The average Bonchev–Trinajstić information content (AvgIpc) is 3.27. The quantitative estimate of drug-likeness (QED) is 0.830. The normalized spacial score (nSPS) is 24.6. The first-order valence-electron chi connectivity index (χ1n) is 9.26. The maximum atomic E-state index is 13.0. The number of aromatic nitrogens is 3. The Morgan fingerprint density at radius 3 is 2.63 bits per heavy atom. The van der Waals surface area contributed by atoms with Crippen molar-refractivity contribution < 1.29 is 9.90 Å². The molecular formula is C19H26ClN5O2. The smallest absolute Gasteiger partial charge is 0.240 e. The highest BCUT2D eigenvalue weighted by molar-refractivity contribution is 5.85. The largest absolute Gasteiger partial charge is 0.392 e. The number of benzene rings is 1. The predicted octanol–water partition coefficient (Wildman–Crippen LogP) is 1.63. The van der Waals surface area contributed by atoms with Crippen LogP contribution in [0.15, 0.2) is 30.3 Å². The zero-order valence-corrected chi connectivity index (χ0v) is 16.4. The number of aliphatic hydroxyl groups excluding tert-OH is 1. The number of aliphatic hydroxyl groups is 1. The van der Waals surface area contributed by atoms with E-state index in [4.69, 9.17) is 4.98 Å². The van der Waals surface area contributed by atoms with E-state index in [1.807, 2.05) is 39.9 Å². The van der Waals surface area contributed by atoms with Crippen LogP contribution < -0.4 is 5.32 Å². The lowest BCUT2D eigenvalue weighted by atomic mass is 9.98. The van der Waals surface area contributed by atoms with E-state index in [0.717, 1.165) is 11.4 Å². The summed E-state index contributed by atoms with van der Waals surface area (Å²) in [6.45, 7) is 5.94. The molecule has 1 amide bonds. The summed E-state index contributed by atoms with van der Waals surface area (Å²) in [6, 6.07) is 9.50. The summed E-state index contributed by atoms with van der Waals surface area (Å²) in [5.41, 5.74) is 0.982. The fourth-order valence-corrected chi connectivity index (χ4v) is 3.94. The van der Waals surface area contributed by atoms with Crippen molar-refractivity contribution in [3.8, 4) is 11.4 Å². The molecule has 8 heteroatoms. The van der Waals surface area contributed by atoms with Crippen molar-refractivity contribution in [2.45, 2.75) is 45.0 Å². The second-order valence-corrected chi connectivity index (χ2v) is 7.45. The Morgan fingerprint density at radius 2 is 2.00 bits per heavy atom. The molecule has 1 saturated heterocycles. The number of carbonyl (C=O) groups excluding carboxylic acids is 1. The van der Waals surface area contributed by atoms with Crippen molar-refractivity contribution in [2.75, 3.05) is 13.1 Å². The van der Waals surface area contributed by atoms with Crippen molar-refractivity contribution in [1.82, 2.24) is 25.0 Å². The molecule has 7 nitrogen and oxygen atoms in total. The summed E-state index contributed by atoms with van der Waals surface area (Å²) in [6.07, 6.45) is 0.0295. The molecule has 0 unspecified atom stereocenters. The molecule has 2 aromatic rings. The monoisotopic (exact) mass is 391 g/mol. The zero-order valence-electron chi connectivity index (χ0n) is 15.6. The van der Waals surface area contributed by atoms with E-state index in [1.165, 1.54) is 0 Å². The first-order valence-corrected chi connectivity index (χ1v) is 9.26. The molecular weight excluding hydrogens is 366 g/mol. The number of hydrogen-bond donors (Lipinski definition) is 2. The highest BCUT2D eigenvalue weighted by atomic mass is 35.5. The van der Waals surface area contributed by atoms with Crippen LogP contribution in [0.1, 0.15) is 32.1 Å². The maximum absolute atomic E-state index is 13.0. The molecule has 1 aromatic carbocycles. The van der Waals surface area contributed by atoms with E-state index in [1.54, 1.807) is 0 Å². The van der Waals surface area contributed by atoms with Crippen LogP contribution in [0.5, 0.6) is 0 Å².